The Bertz CT molecular complexity index is 356. The minimum Gasteiger partial charge on any atom is -0.329 e. The molecule has 1 heterocycles. The third kappa shape index (κ3) is 1.65. The number of nitrogens with one attached hydrogen (secondary N) is 1. The highest BCUT2D eigenvalue weighted by molar-refractivity contribution is 5.27. The van der Waals surface area contributed by atoms with Crippen LogP contribution in [0.25, 0.3) is 0 Å². The van der Waals surface area contributed by atoms with Gasteiger partial charge in [0.25, 0.3) is 0 Å². The molecule has 3 heteroatoms. The first-order valence-corrected chi connectivity index (χ1v) is 4.74. The Labute approximate surface area is 77.0 Å². The maximum atomic E-state index is 11.1. The van der Waals surface area contributed by atoms with E-state index < -0.39 is 0 Å². The average Bonchev–Trinajstić information content (AvgIpc) is 2.28. The summed E-state index contributed by atoms with van der Waals surface area (Å²) in [6, 6.07) is 1.79. The maximum absolute atomic E-state index is 11.1. The van der Waals surface area contributed by atoms with E-state index in [2.05, 4.69) is 4.98 Å². The van der Waals surface area contributed by atoms with E-state index in [1.54, 1.807) is 12.3 Å². The summed E-state index contributed by atoms with van der Waals surface area (Å²) in [5, 5.41) is 0. The Morgan fingerprint density at radius 3 is 3.15 bits per heavy atom. The van der Waals surface area contributed by atoms with Crippen LogP contribution < -0.4 is 11.3 Å². The number of rotatable bonds is 0. The van der Waals surface area contributed by atoms with E-state index in [1.807, 2.05) is 0 Å². The van der Waals surface area contributed by atoms with Crippen LogP contribution in [0.3, 0.4) is 0 Å². The van der Waals surface area contributed by atoms with Gasteiger partial charge in [-0.1, -0.05) is 6.42 Å². The highest BCUT2D eigenvalue weighted by atomic mass is 16.1. The van der Waals surface area contributed by atoms with Gasteiger partial charge in [-0.25, -0.2) is 0 Å². The van der Waals surface area contributed by atoms with Gasteiger partial charge in [0.15, 0.2) is 0 Å². The summed E-state index contributed by atoms with van der Waals surface area (Å²) in [5.41, 5.74) is 8.21. The predicted molar refractivity (Wildman–Crippen MR) is 51.5 cm³/mol. The van der Waals surface area contributed by atoms with Crippen molar-refractivity contribution >= 4 is 0 Å². The molecule has 1 unspecified atom stereocenters. The van der Waals surface area contributed by atoms with Crippen LogP contribution in [0.15, 0.2) is 17.1 Å². The summed E-state index contributed by atoms with van der Waals surface area (Å²) in [6.07, 6.45) is 6.09. The van der Waals surface area contributed by atoms with Gasteiger partial charge in [-0.15, -0.1) is 0 Å². The molecule has 0 saturated heterocycles. The Morgan fingerprint density at radius 1 is 1.46 bits per heavy atom. The van der Waals surface area contributed by atoms with Crippen molar-refractivity contribution in [2.45, 2.75) is 31.7 Å². The molecule has 0 amide bonds. The summed E-state index contributed by atoms with van der Waals surface area (Å²) in [4.78, 5) is 13.7. The van der Waals surface area contributed by atoms with Crippen LogP contribution in [0.2, 0.25) is 0 Å². The fourth-order valence-corrected chi connectivity index (χ4v) is 1.92. The Hall–Kier alpha value is -1.09. The third-order valence-electron chi connectivity index (χ3n) is 2.66. The smallest absolute Gasteiger partial charge is 0.248 e. The van der Waals surface area contributed by atoms with Crippen LogP contribution in [0.4, 0.5) is 0 Å². The first-order valence-electron chi connectivity index (χ1n) is 4.74. The molecule has 1 aromatic heterocycles. The Morgan fingerprint density at radius 2 is 2.31 bits per heavy atom. The number of aromatic amines is 1. The summed E-state index contributed by atoms with van der Waals surface area (Å²) < 4.78 is 0. The van der Waals surface area contributed by atoms with Gasteiger partial charge in [0.05, 0.1) is 0 Å². The topological polar surface area (TPSA) is 58.9 Å². The molecular formula is C10H14N2O. The van der Waals surface area contributed by atoms with Crippen LogP contribution in [-0.2, 0) is 6.42 Å². The number of fused-ring (bicyclic) bond motifs is 1. The molecule has 1 aromatic rings. The van der Waals surface area contributed by atoms with E-state index in [0.29, 0.717) is 0 Å². The monoisotopic (exact) mass is 178 g/mol. The molecule has 1 aliphatic carbocycles. The highest BCUT2D eigenvalue weighted by Crippen LogP contribution is 2.24. The number of hydrogen-bond donors (Lipinski definition) is 2. The molecule has 1 aliphatic rings. The van der Waals surface area contributed by atoms with E-state index in [9.17, 15) is 4.79 Å². The predicted octanol–water partition coefficient (Wildman–Crippen LogP) is 1.10. The number of hydrogen-bond acceptors (Lipinski definition) is 2. The molecule has 1 atom stereocenters. The zero-order valence-electron chi connectivity index (χ0n) is 7.55. The van der Waals surface area contributed by atoms with Gasteiger partial charge in [0.2, 0.25) is 5.56 Å². The van der Waals surface area contributed by atoms with Gasteiger partial charge in [0.1, 0.15) is 0 Å². The molecule has 70 valence electrons. The van der Waals surface area contributed by atoms with Gasteiger partial charge in [0, 0.05) is 18.3 Å². The lowest BCUT2D eigenvalue weighted by atomic mass is 10.0. The number of pyridine rings is 1. The molecule has 2 rings (SSSR count). The van der Waals surface area contributed by atoms with Crippen molar-refractivity contribution in [3.05, 3.63) is 33.7 Å². The molecule has 3 nitrogen and oxygen atoms in total. The molecule has 0 aliphatic heterocycles. The number of H-pyrrole nitrogens is 1. The minimum absolute atomic E-state index is 0.0205. The van der Waals surface area contributed by atoms with Gasteiger partial charge < -0.3 is 10.7 Å². The first-order chi connectivity index (χ1) is 6.27. The van der Waals surface area contributed by atoms with Crippen molar-refractivity contribution in [3.8, 4) is 0 Å². The van der Waals surface area contributed by atoms with Crippen molar-refractivity contribution in [1.82, 2.24) is 4.98 Å². The maximum Gasteiger partial charge on any atom is 0.248 e. The molecule has 0 spiro atoms. The summed E-state index contributed by atoms with van der Waals surface area (Å²) in [5.74, 6) is 0. The fourth-order valence-electron chi connectivity index (χ4n) is 1.92. The zero-order chi connectivity index (χ0) is 9.26. The molecule has 3 N–H and O–H groups in total. The standard InChI is InChI=1S/C10H14N2O/c11-9-4-2-1-3-7-5-10(13)12-6-8(7)9/h5-6,9H,1-4,11H2,(H,12,13). The number of aryl methyl sites for hydroxylation is 1. The van der Waals surface area contributed by atoms with Crippen molar-refractivity contribution in [1.29, 1.82) is 0 Å². The van der Waals surface area contributed by atoms with Crippen LogP contribution in [-0.4, -0.2) is 4.98 Å². The molecular weight excluding hydrogens is 164 g/mol. The third-order valence-corrected chi connectivity index (χ3v) is 2.66. The van der Waals surface area contributed by atoms with Crippen molar-refractivity contribution < 1.29 is 0 Å². The lowest BCUT2D eigenvalue weighted by Crippen LogP contribution is -2.14. The quantitative estimate of drug-likeness (QED) is 0.584. The molecule has 0 fully saturated rings. The molecule has 13 heavy (non-hydrogen) atoms. The van der Waals surface area contributed by atoms with Crippen LogP contribution in [0.1, 0.15) is 36.4 Å². The van der Waals surface area contributed by atoms with Gasteiger partial charge in [-0.3, -0.25) is 4.79 Å². The minimum atomic E-state index is -0.0205. The molecule has 0 aromatic carbocycles. The highest BCUT2D eigenvalue weighted by Gasteiger charge is 2.14. The summed E-state index contributed by atoms with van der Waals surface area (Å²) >= 11 is 0. The fraction of sp³-hybridized carbons (Fsp3) is 0.500. The zero-order valence-corrected chi connectivity index (χ0v) is 7.55. The van der Waals surface area contributed by atoms with Gasteiger partial charge >= 0.3 is 0 Å². The number of aromatic nitrogens is 1. The Kier molecular flexibility index (Phi) is 2.19. The SMILES string of the molecule is NC1CCCCc2cc(=O)[nH]cc21. The summed E-state index contributed by atoms with van der Waals surface area (Å²) in [7, 11) is 0. The lowest BCUT2D eigenvalue weighted by Gasteiger charge is -2.10. The molecule has 0 saturated carbocycles. The van der Waals surface area contributed by atoms with Crippen molar-refractivity contribution in [3.63, 3.8) is 0 Å². The largest absolute Gasteiger partial charge is 0.329 e. The molecule has 0 radical (unpaired) electrons. The first kappa shape index (κ1) is 8.51. The summed E-state index contributed by atoms with van der Waals surface area (Å²) in [6.45, 7) is 0. The van der Waals surface area contributed by atoms with E-state index in [1.165, 1.54) is 0 Å². The van der Waals surface area contributed by atoms with Crippen molar-refractivity contribution in [2.24, 2.45) is 5.73 Å². The van der Waals surface area contributed by atoms with E-state index >= 15 is 0 Å². The van der Waals surface area contributed by atoms with Gasteiger partial charge in [-0.05, 0) is 30.4 Å². The van der Waals surface area contributed by atoms with Crippen LogP contribution in [0, 0.1) is 0 Å². The Balaban J connectivity index is 2.48. The van der Waals surface area contributed by atoms with Crippen LogP contribution >= 0.6 is 0 Å². The second-order valence-electron chi connectivity index (χ2n) is 3.63. The van der Waals surface area contributed by atoms with E-state index in [4.69, 9.17) is 5.73 Å². The van der Waals surface area contributed by atoms with Crippen molar-refractivity contribution in [2.75, 3.05) is 0 Å². The average molecular weight is 178 g/mol. The second kappa shape index (κ2) is 3.34. The number of nitrogens with two attached hydrogens (primary N) is 1. The normalized spacial score (nSPS) is 22.1. The van der Waals surface area contributed by atoms with Crippen LogP contribution in [0.5, 0.6) is 0 Å². The lowest BCUT2D eigenvalue weighted by molar-refractivity contribution is 0.614. The van der Waals surface area contributed by atoms with E-state index in [-0.39, 0.29) is 11.6 Å². The van der Waals surface area contributed by atoms with Gasteiger partial charge in [-0.2, -0.15) is 0 Å². The second-order valence-corrected chi connectivity index (χ2v) is 3.63. The van der Waals surface area contributed by atoms with E-state index in [0.717, 1.165) is 36.8 Å². The molecule has 0 bridgehead atoms.